The van der Waals surface area contributed by atoms with E-state index in [1.54, 1.807) is 36.4 Å². The molecule has 0 aromatic heterocycles. The predicted octanol–water partition coefficient (Wildman–Crippen LogP) is 3.82. The predicted molar refractivity (Wildman–Crippen MR) is 150 cm³/mol. The molecule has 4 amide bonds. The van der Waals surface area contributed by atoms with Crippen molar-refractivity contribution >= 4 is 35.4 Å². The van der Waals surface area contributed by atoms with Crippen LogP contribution in [-0.4, -0.2) is 54.9 Å². The molecule has 2 aliphatic carbocycles. The second-order valence-corrected chi connectivity index (χ2v) is 11.4. The third-order valence-corrected chi connectivity index (χ3v) is 9.56. The number of para-hydroxylation sites is 1. The largest absolute Gasteiger partial charge is 0.502 e. The number of hydrogen-bond acceptors (Lipinski definition) is 7. The highest BCUT2D eigenvalue weighted by Gasteiger charge is 2.66. The number of aromatic hydroxyl groups is 1. The molecule has 0 spiro atoms. The van der Waals surface area contributed by atoms with E-state index in [1.165, 1.54) is 31.1 Å². The molecule has 3 fully saturated rings. The summed E-state index contributed by atoms with van der Waals surface area (Å²) in [6, 6.07) is 12.2. The molecule has 4 aliphatic rings. The van der Waals surface area contributed by atoms with E-state index in [0.29, 0.717) is 24.1 Å². The van der Waals surface area contributed by atoms with E-state index in [0.717, 1.165) is 5.57 Å². The van der Waals surface area contributed by atoms with Gasteiger partial charge in [0.25, 0.3) is 0 Å². The molecule has 1 N–H and O–H groups in total. The smallest absolute Gasteiger partial charge is 0.241 e. The zero-order valence-corrected chi connectivity index (χ0v) is 23.4. The molecule has 9 heteroatoms. The Balaban J connectivity index is 1.49. The molecule has 212 valence electrons. The Kier molecular flexibility index (Phi) is 6.28. The van der Waals surface area contributed by atoms with Gasteiger partial charge in [0.15, 0.2) is 11.5 Å². The van der Waals surface area contributed by atoms with Crippen LogP contribution in [0, 0.1) is 35.0 Å². The van der Waals surface area contributed by atoms with Gasteiger partial charge in [0.05, 0.1) is 43.1 Å². The van der Waals surface area contributed by atoms with Gasteiger partial charge in [-0.15, -0.1) is 0 Å². The number of anilines is 1. The first-order valence-electron chi connectivity index (χ1n) is 13.7. The second kappa shape index (κ2) is 9.61. The lowest BCUT2D eigenvalue weighted by molar-refractivity contribution is -0.139. The highest BCUT2D eigenvalue weighted by Crippen LogP contribution is 2.61. The molecule has 2 aliphatic heterocycles. The van der Waals surface area contributed by atoms with Crippen LogP contribution in [0.4, 0.5) is 5.69 Å². The van der Waals surface area contributed by atoms with Crippen molar-refractivity contribution in [3.05, 3.63) is 65.8 Å². The number of carbonyl (C=O) groups is 4. The summed E-state index contributed by atoms with van der Waals surface area (Å²) in [5.41, 5.74) is 0.972. The lowest BCUT2D eigenvalue weighted by atomic mass is 9.52. The fraction of sp³-hybridized carbons (Fsp3) is 0.375. The number of fused-ring (bicyclic) bond motifs is 4. The summed E-state index contributed by atoms with van der Waals surface area (Å²) in [4.78, 5) is 56.9. The molecule has 6 atom stereocenters. The van der Waals surface area contributed by atoms with E-state index < -0.39 is 29.1 Å². The number of allylic oxidation sites excluding steroid dienone is 3. The molecule has 6 unspecified atom stereocenters. The number of imide groups is 2. The maximum atomic E-state index is 14.3. The van der Waals surface area contributed by atoms with Crippen molar-refractivity contribution in [2.75, 3.05) is 26.2 Å². The molecule has 0 radical (unpaired) electrons. The molecular formula is C32H32N2O7. The average Bonchev–Trinajstić information content (AvgIpc) is 3.32. The zero-order valence-electron chi connectivity index (χ0n) is 23.4. The van der Waals surface area contributed by atoms with Gasteiger partial charge in [-0.3, -0.25) is 24.1 Å². The van der Waals surface area contributed by atoms with E-state index >= 15 is 0 Å². The molecule has 2 heterocycles. The Bertz CT molecular complexity index is 1500. The molecule has 2 aromatic carbocycles. The average molecular weight is 557 g/mol. The van der Waals surface area contributed by atoms with E-state index in [-0.39, 0.29) is 46.8 Å². The van der Waals surface area contributed by atoms with Crippen molar-refractivity contribution in [3.63, 3.8) is 0 Å². The number of phenolic OH excluding ortho intramolecular Hbond substituents is 1. The van der Waals surface area contributed by atoms with Gasteiger partial charge in [0.2, 0.25) is 29.4 Å². The fourth-order valence-corrected chi connectivity index (χ4v) is 7.42. The number of carbonyl (C=O) groups excluding carboxylic acids is 4. The second-order valence-electron chi connectivity index (χ2n) is 11.4. The molecule has 41 heavy (non-hydrogen) atoms. The number of phenols is 1. The normalized spacial score (nSPS) is 30.8. The minimum Gasteiger partial charge on any atom is -0.502 e. The van der Waals surface area contributed by atoms with Crippen LogP contribution in [-0.2, 0) is 19.2 Å². The van der Waals surface area contributed by atoms with E-state index in [9.17, 15) is 24.3 Å². The summed E-state index contributed by atoms with van der Waals surface area (Å²) in [6.07, 6.45) is 6.45. The molecule has 6 rings (SSSR count). The summed E-state index contributed by atoms with van der Waals surface area (Å²) in [7, 11) is 4.40. The SMILES string of the molecule is COc1cc(C=CC2C3=CCC4C(=O)N(C)C(=O)C4C3CC3C(=O)N(c4ccccc4)C(=O)C23C)cc(OC)c1O. The summed E-state index contributed by atoms with van der Waals surface area (Å²) < 4.78 is 10.6. The first kappa shape index (κ1) is 26.8. The van der Waals surface area contributed by atoms with E-state index in [1.807, 2.05) is 31.2 Å². The van der Waals surface area contributed by atoms with Gasteiger partial charge in [-0.25, -0.2) is 4.90 Å². The van der Waals surface area contributed by atoms with Crippen LogP contribution in [0.15, 0.2) is 60.2 Å². The van der Waals surface area contributed by atoms with Gasteiger partial charge >= 0.3 is 0 Å². The van der Waals surface area contributed by atoms with Crippen LogP contribution in [0.5, 0.6) is 17.2 Å². The lowest BCUT2D eigenvalue weighted by Crippen LogP contribution is -2.49. The summed E-state index contributed by atoms with van der Waals surface area (Å²) in [6.45, 7) is 1.84. The van der Waals surface area contributed by atoms with Crippen LogP contribution >= 0.6 is 0 Å². The van der Waals surface area contributed by atoms with Crippen molar-refractivity contribution in [2.24, 2.45) is 35.0 Å². The number of rotatable bonds is 5. The van der Waals surface area contributed by atoms with Crippen molar-refractivity contribution in [1.29, 1.82) is 0 Å². The van der Waals surface area contributed by atoms with Gasteiger partial charge in [-0.1, -0.05) is 42.0 Å². The Hall–Kier alpha value is -4.40. The van der Waals surface area contributed by atoms with Gasteiger partial charge in [-0.05, 0) is 55.5 Å². The first-order valence-corrected chi connectivity index (χ1v) is 13.7. The van der Waals surface area contributed by atoms with Gasteiger partial charge in [-0.2, -0.15) is 0 Å². The number of ether oxygens (including phenoxy) is 2. The number of amides is 4. The lowest BCUT2D eigenvalue weighted by Gasteiger charge is -2.47. The van der Waals surface area contributed by atoms with Crippen molar-refractivity contribution in [3.8, 4) is 17.2 Å². The quantitative estimate of drug-likeness (QED) is 0.440. The Morgan fingerprint density at radius 2 is 1.61 bits per heavy atom. The molecule has 2 aromatic rings. The van der Waals surface area contributed by atoms with Crippen molar-refractivity contribution in [2.45, 2.75) is 19.8 Å². The van der Waals surface area contributed by atoms with Crippen LogP contribution in [0.25, 0.3) is 6.08 Å². The summed E-state index contributed by atoms with van der Waals surface area (Å²) in [5, 5.41) is 10.4. The minimum absolute atomic E-state index is 0.124. The Morgan fingerprint density at radius 3 is 2.24 bits per heavy atom. The van der Waals surface area contributed by atoms with Crippen molar-refractivity contribution in [1.82, 2.24) is 4.90 Å². The summed E-state index contributed by atoms with van der Waals surface area (Å²) in [5.74, 6) is -3.23. The van der Waals surface area contributed by atoms with Crippen molar-refractivity contribution < 1.29 is 33.8 Å². The standard InChI is InChI=1S/C32H32N2O7/c1-32-22(13-10-17-14-24(40-3)27(35)25(15-17)41-4)19-11-12-20-26(30(38)33(2)28(20)36)21(19)16-23(32)29(37)34(31(32)39)18-8-6-5-7-9-18/h5-11,13-15,20-23,26,35H,12,16H2,1-4H3. The third-order valence-electron chi connectivity index (χ3n) is 9.56. The van der Waals surface area contributed by atoms with Crippen LogP contribution in [0.3, 0.4) is 0 Å². The molecular weight excluding hydrogens is 524 g/mol. The van der Waals surface area contributed by atoms with Gasteiger partial charge in [0.1, 0.15) is 0 Å². The number of likely N-dealkylation sites (tertiary alicyclic amines) is 1. The third kappa shape index (κ3) is 3.74. The van der Waals surface area contributed by atoms with Gasteiger partial charge in [0, 0.05) is 13.0 Å². The van der Waals surface area contributed by atoms with Crippen LogP contribution in [0.2, 0.25) is 0 Å². The first-order chi connectivity index (χ1) is 19.6. The topological polar surface area (TPSA) is 113 Å². The molecule has 9 nitrogen and oxygen atoms in total. The maximum absolute atomic E-state index is 14.3. The molecule has 1 saturated carbocycles. The highest BCUT2D eigenvalue weighted by molar-refractivity contribution is 6.24. The Morgan fingerprint density at radius 1 is 0.951 bits per heavy atom. The van der Waals surface area contributed by atoms with Crippen LogP contribution < -0.4 is 14.4 Å². The molecule has 0 bridgehead atoms. The monoisotopic (exact) mass is 556 g/mol. The Labute approximate surface area is 238 Å². The molecule has 2 saturated heterocycles. The zero-order chi connectivity index (χ0) is 29.2. The fourth-order valence-electron chi connectivity index (χ4n) is 7.42. The van der Waals surface area contributed by atoms with E-state index in [4.69, 9.17) is 9.47 Å². The number of methoxy groups -OCH3 is 2. The number of hydrogen-bond donors (Lipinski definition) is 1. The maximum Gasteiger partial charge on any atom is 0.241 e. The van der Waals surface area contributed by atoms with Gasteiger partial charge < -0.3 is 14.6 Å². The summed E-state index contributed by atoms with van der Waals surface area (Å²) >= 11 is 0. The number of nitrogens with zero attached hydrogens (tertiary/aromatic N) is 2. The minimum atomic E-state index is -1.11. The number of benzene rings is 2. The van der Waals surface area contributed by atoms with E-state index in [2.05, 4.69) is 0 Å². The highest BCUT2D eigenvalue weighted by atomic mass is 16.5. The van der Waals surface area contributed by atoms with Crippen LogP contribution in [0.1, 0.15) is 25.3 Å².